The molecule has 146 valence electrons. The molecule has 0 radical (unpaired) electrons. The summed E-state index contributed by atoms with van der Waals surface area (Å²) < 4.78 is 0. The highest BCUT2D eigenvalue weighted by Gasteiger charge is 2.32. The highest BCUT2D eigenvalue weighted by molar-refractivity contribution is 7.99. The third-order valence-electron chi connectivity index (χ3n) is 5.22. The molecule has 0 spiro atoms. The van der Waals surface area contributed by atoms with Crippen molar-refractivity contribution in [2.75, 3.05) is 39.5 Å². The Hall–Kier alpha value is -1.04. The summed E-state index contributed by atoms with van der Waals surface area (Å²) >= 11 is 1.71. The smallest absolute Gasteiger partial charge is 0.232 e. The third-order valence-corrected chi connectivity index (χ3v) is 6.21. The number of thioether (sulfide) groups is 1. The van der Waals surface area contributed by atoms with Crippen LogP contribution in [0, 0.1) is 19.8 Å². The summed E-state index contributed by atoms with van der Waals surface area (Å²) in [5.41, 5.74) is 3.86. The Kier molecular flexibility index (Phi) is 8.45. The van der Waals surface area contributed by atoms with Crippen LogP contribution in [0.4, 0.5) is 0 Å². The monoisotopic (exact) mass is 378 g/mol. The maximum atomic E-state index is 12.7. The topological polar surface area (TPSA) is 43.8 Å². The Labute approximate surface area is 162 Å². The number of hydrogen-bond donors (Lipinski definition) is 1. The molecule has 0 aromatic heterocycles. The van der Waals surface area contributed by atoms with Crippen LogP contribution in [0.25, 0.3) is 0 Å². The maximum absolute atomic E-state index is 12.7. The summed E-state index contributed by atoms with van der Waals surface area (Å²) in [6.45, 7) is 6.14. The molecular weight excluding hydrogens is 344 g/mol. The zero-order valence-electron chi connectivity index (χ0n) is 16.7. The van der Waals surface area contributed by atoms with Crippen LogP contribution in [0.15, 0.2) is 18.2 Å². The lowest BCUT2D eigenvalue weighted by molar-refractivity contribution is -0.131. The summed E-state index contributed by atoms with van der Waals surface area (Å²) in [6.07, 6.45) is 2.83. The number of rotatable bonds is 8. The van der Waals surface area contributed by atoms with Gasteiger partial charge >= 0.3 is 0 Å². The fourth-order valence-electron chi connectivity index (χ4n) is 4.06. The van der Waals surface area contributed by atoms with Crippen molar-refractivity contribution in [1.82, 2.24) is 9.80 Å². The van der Waals surface area contributed by atoms with Crippen LogP contribution < -0.4 is 0 Å². The van der Waals surface area contributed by atoms with E-state index >= 15 is 0 Å². The minimum Gasteiger partial charge on any atom is -0.396 e. The van der Waals surface area contributed by atoms with Crippen LogP contribution in [0.1, 0.15) is 36.0 Å². The van der Waals surface area contributed by atoms with E-state index in [0.29, 0.717) is 17.7 Å². The standard InChI is InChI=1S/C21H34N2O2S/c1-16-10-17(2)12-18(11-16)14-26-15-21(25)23-8-7-20(22(3)4)19(13-23)6-5-9-24/h10-12,19-20,24H,5-9,13-15H2,1-4H3/t19-,20+/m0/s1. The Bertz CT molecular complexity index is 571. The largest absolute Gasteiger partial charge is 0.396 e. The zero-order valence-corrected chi connectivity index (χ0v) is 17.5. The van der Waals surface area contributed by atoms with Gasteiger partial charge in [-0.25, -0.2) is 0 Å². The van der Waals surface area contributed by atoms with Gasteiger partial charge in [-0.15, -0.1) is 11.8 Å². The fraction of sp³-hybridized carbons (Fsp3) is 0.667. The number of carbonyl (C=O) groups is 1. The Morgan fingerprint density at radius 1 is 1.27 bits per heavy atom. The molecule has 1 fully saturated rings. The van der Waals surface area contributed by atoms with E-state index in [9.17, 15) is 4.79 Å². The molecule has 4 nitrogen and oxygen atoms in total. The first-order chi connectivity index (χ1) is 12.4. The molecule has 1 heterocycles. The van der Waals surface area contributed by atoms with Crippen molar-refractivity contribution in [1.29, 1.82) is 0 Å². The molecule has 0 bridgehead atoms. The van der Waals surface area contributed by atoms with E-state index in [0.717, 1.165) is 38.1 Å². The normalized spacial score (nSPS) is 20.6. The van der Waals surface area contributed by atoms with Crippen LogP contribution in [-0.4, -0.2) is 66.4 Å². The second kappa shape index (κ2) is 10.3. The molecule has 2 atom stereocenters. The fourth-order valence-corrected chi connectivity index (χ4v) is 4.92. The zero-order chi connectivity index (χ0) is 19.1. The van der Waals surface area contributed by atoms with Crippen molar-refractivity contribution >= 4 is 17.7 Å². The molecule has 5 heteroatoms. The highest BCUT2D eigenvalue weighted by Crippen LogP contribution is 2.26. The number of piperidine rings is 1. The van der Waals surface area contributed by atoms with E-state index in [4.69, 9.17) is 5.11 Å². The summed E-state index contributed by atoms with van der Waals surface area (Å²) in [5.74, 6) is 2.15. The van der Waals surface area contributed by atoms with Crippen molar-refractivity contribution in [3.63, 3.8) is 0 Å². The number of aliphatic hydroxyl groups excluding tert-OH is 1. The number of hydrogen-bond acceptors (Lipinski definition) is 4. The molecule has 0 unspecified atom stereocenters. The lowest BCUT2D eigenvalue weighted by Crippen LogP contribution is -2.51. The van der Waals surface area contributed by atoms with Gasteiger partial charge in [-0.1, -0.05) is 29.3 Å². The van der Waals surface area contributed by atoms with Crippen molar-refractivity contribution in [2.24, 2.45) is 5.92 Å². The van der Waals surface area contributed by atoms with E-state index in [2.05, 4.69) is 51.0 Å². The van der Waals surface area contributed by atoms with Crippen LogP contribution in [0.5, 0.6) is 0 Å². The number of carbonyl (C=O) groups excluding carboxylic acids is 1. The van der Waals surface area contributed by atoms with E-state index in [1.807, 2.05) is 4.90 Å². The second-order valence-electron chi connectivity index (χ2n) is 7.77. The lowest BCUT2D eigenvalue weighted by Gasteiger charge is -2.41. The van der Waals surface area contributed by atoms with Gasteiger partial charge in [0.05, 0.1) is 5.75 Å². The molecule has 1 aliphatic rings. The molecule has 0 aliphatic carbocycles. The van der Waals surface area contributed by atoms with E-state index in [1.54, 1.807) is 11.8 Å². The van der Waals surface area contributed by atoms with Gasteiger partial charge in [0.1, 0.15) is 0 Å². The first-order valence-electron chi connectivity index (χ1n) is 9.60. The molecule has 1 saturated heterocycles. The molecule has 0 saturated carbocycles. The molecule has 26 heavy (non-hydrogen) atoms. The summed E-state index contributed by atoms with van der Waals surface area (Å²) in [5, 5.41) is 9.16. The van der Waals surface area contributed by atoms with Gasteiger partial charge in [0.2, 0.25) is 5.91 Å². The number of likely N-dealkylation sites (tertiary alicyclic amines) is 1. The first-order valence-corrected chi connectivity index (χ1v) is 10.8. The van der Waals surface area contributed by atoms with Crippen LogP contribution in [-0.2, 0) is 10.5 Å². The van der Waals surface area contributed by atoms with Crippen molar-refractivity contribution in [2.45, 2.75) is 44.9 Å². The van der Waals surface area contributed by atoms with E-state index < -0.39 is 0 Å². The molecule has 1 aromatic carbocycles. The van der Waals surface area contributed by atoms with Crippen molar-refractivity contribution in [3.05, 3.63) is 34.9 Å². The SMILES string of the molecule is Cc1cc(C)cc(CSCC(=O)N2CC[C@@H](N(C)C)[C@@H](CCCO)C2)c1. The number of aliphatic hydroxyl groups is 1. The molecule has 1 aliphatic heterocycles. The molecule has 1 amide bonds. The van der Waals surface area contributed by atoms with E-state index in [1.165, 1.54) is 16.7 Å². The van der Waals surface area contributed by atoms with E-state index in [-0.39, 0.29) is 12.5 Å². The number of amides is 1. The minimum absolute atomic E-state index is 0.232. The summed E-state index contributed by atoms with van der Waals surface area (Å²) in [7, 11) is 4.24. The molecule has 1 aromatic rings. The van der Waals surface area contributed by atoms with Gasteiger partial charge in [0.15, 0.2) is 0 Å². The van der Waals surface area contributed by atoms with Crippen LogP contribution in [0.3, 0.4) is 0 Å². The van der Waals surface area contributed by atoms with Crippen molar-refractivity contribution in [3.8, 4) is 0 Å². The minimum atomic E-state index is 0.232. The average Bonchev–Trinajstić information content (AvgIpc) is 2.58. The highest BCUT2D eigenvalue weighted by atomic mass is 32.2. The van der Waals surface area contributed by atoms with Gasteiger partial charge in [0, 0.05) is 31.5 Å². The number of benzene rings is 1. The number of nitrogens with zero attached hydrogens (tertiary/aromatic N) is 2. The Balaban J connectivity index is 1.84. The van der Waals surface area contributed by atoms with Crippen LogP contribution >= 0.6 is 11.8 Å². The first kappa shape index (κ1) is 21.3. The number of aryl methyl sites for hydroxylation is 2. The van der Waals surface area contributed by atoms with Gasteiger partial charge < -0.3 is 14.9 Å². The quantitative estimate of drug-likeness (QED) is 0.755. The summed E-state index contributed by atoms with van der Waals surface area (Å²) in [4.78, 5) is 17.0. The average molecular weight is 379 g/mol. The lowest BCUT2D eigenvalue weighted by atomic mass is 9.87. The van der Waals surface area contributed by atoms with Crippen molar-refractivity contribution < 1.29 is 9.90 Å². The second-order valence-corrected chi connectivity index (χ2v) is 8.76. The molecule has 1 N–H and O–H groups in total. The Morgan fingerprint density at radius 2 is 1.96 bits per heavy atom. The molecule has 2 rings (SSSR count). The van der Waals surface area contributed by atoms with Gasteiger partial charge in [-0.05, 0) is 58.7 Å². The summed E-state index contributed by atoms with van der Waals surface area (Å²) in [6, 6.07) is 7.10. The molecular formula is C21H34N2O2S. The van der Waals surface area contributed by atoms with Gasteiger partial charge in [0.25, 0.3) is 0 Å². The maximum Gasteiger partial charge on any atom is 0.232 e. The predicted molar refractivity (Wildman–Crippen MR) is 111 cm³/mol. The van der Waals surface area contributed by atoms with Gasteiger partial charge in [-0.2, -0.15) is 0 Å². The Morgan fingerprint density at radius 3 is 2.58 bits per heavy atom. The van der Waals surface area contributed by atoms with Crippen LogP contribution in [0.2, 0.25) is 0 Å². The van der Waals surface area contributed by atoms with Gasteiger partial charge in [-0.3, -0.25) is 4.79 Å². The third kappa shape index (κ3) is 6.29. The predicted octanol–water partition coefficient (Wildman–Crippen LogP) is 3.09.